The smallest absolute Gasteiger partial charge is 0.162 e. The van der Waals surface area contributed by atoms with E-state index in [4.69, 9.17) is 5.73 Å². The van der Waals surface area contributed by atoms with E-state index in [-0.39, 0.29) is 0 Å². The summed E-state index contributed by atoms with van der Waals surface area (Å²) in [6, 6.07) is 11.9. The first-order valence-electron chi connectivity index (χ1n) is 6.55. The summed E-state index contributed by atoms with van der Waals surface area (Å²) in [6.07, 6.45) is 5.59. The fourth-order valence-electron chi connectivity index (χ4n) is 2.40. The van der Waals surface area contributed by atoms with Gasteiger partial charge in [0.25, 0.3) is 0 Å². The van der Waals surface area contributed by atoms with Crippen molar-refractivity contribution in [3.63, 3.8) is 0 Å². The molecule has 0 bridgehead atoms. The van der Waals surface area contributed by atoms with Crippen molar-refractivity contribution < 1.29 is 0 Å². The van der Waals surface area contributed by atoms with E-state index in [1.165, 1.54) is 4.70 Å². The summed E-state index contributed by atoms with van der Waals surface area (Å²) in [7, 11) is 0. The molecule has 0 unspecified atom stereocenters. The SMILES string of the molecule is Nc1ccccc1-c1cnn(-c2nccc3sccc23)c1. The van der Waals surface area contributed by atoms with Crippen molar-refractivity contribution in [2.45, 2.75) is 0 Å². The minimum Gasteiger partial charge on any atom is -0.398 e. The predicted molar refractivity (Wildman–Crippen MR) is 86.6 cm³/mol. The molecule has 0 radical (unpaired) electrons. The van der Waals surface area contributed by atoms with E-state index in [9.17, 15) is 0 Å². The van der Waals surface area contributed by atoms with Crippen LogP contribution in [-0.4, -0.2) is 14.8 Å². The maximum absolute atomic E-state index is 6.02. The number of nitrogens with zero attached hydrogens (tertiary/aromatic N) is 3. The Labute approximate surface area is 125 Å². The lowest BCUT2D eigenvalue weighted by Crippen LogP contribution is -1.97. The molecule has 1 aromatic carbocycles. The highest BCUT2D eigenvalue weighted by Crippen LogP contribution is 2.28. The number of thiophene rings is 1. The third-order valence-corrected chi connectivity index (χ3v) is 4.31. The van der Waals surface area contributed by atoms with E-state index in [2.05, 4.69) is 21.5 Å². The second-order valence-electron chi connectivity index (χ2n) is 4.73. The number of hydrogen-bond acceptors (Lipinski definition) is 4. The van der Waals surface area contributed by atoms with Crippen LogP contribution in [0.2, 0.25) is 0 Å². The standard InChI is InChI=1S/C16H12N4S/c17-14-4-2-1-3-12(14)11-9-19-20(10-11)16-13-6-8-21-15(13)5-7-18-16/h1-10H,17H2. The van der Waals surface area contributed by atoms with Crippen LogP contribution in [0.3, 0.4) is 0 Å². The topological polar surface area (TPSA) is 56.7 Å². The van der Waals surface area contributed by atoms with Crippen LogP contribution in [0.5, 0.6) is 0 Å². The second kappa shape index (κ2) is 4.71. The summed E-state index contributed by atoms with van der Waals surface area (Å²) in [4.78, 5) is 4.45. The molecule has 0 saturated carbocycles. The average molecular weight is 292 g/mol. The van der Waals surface area contributed by atoms with Gasteiger partial charge in [-0.3, -0.25) is 0 Å². The van der Waals surface area contributed by atoms with E-state index in [1.807, 2.05) is 48.9 Å². The molecule has 21 heavy (non-hydrogen) atoms. The average Bonchev–Trinajstić information content (AvgIpc) is 3.16. The summed E-state index contributed by atoms with van der Waals surface area (Å²) in [6.45, 7) is 0. The Hall–Kier alpha value is -2.66. The zero-order valence-corrected chi connectivity index (χ0v) is 11.9. The quantitative estimate of drug-likeness (QED) is 0.573. The molecule has 4 nitrogen and oxygen atoms in total. The zero-order valence-electron chi connectivity index (χ0n) is 11.1. The van der Waals surface area contributed by atoms with Crippen molar-refractivity contribution in [1.29, 1.82) is 0 Å². The van der Waals surface area contributed by atoms with Gasteiger partial charge in [-0.15, -0.1) is 11.3 Å². The molecule has 4 rings (SSSR count). The van der Waals surface area contributed by atoms with Gasteiger partial charge in [-0.1, -0.05) is 18.2 Å². The molecule has 0 aliphatic carbocycles. The molecular weight excluding hydrogens is 280 g/mol. The Kier molecular flexibility index (Phi) is 2.72. The number of pyridine rings is 1. The Morgan fingerprint density at radius 1 is 1.10 bits per heavy atom. The van der Waals surface area contributed by atoms with Crippen LogP contribution in [0.1, 0.15) is 0 Å². The van der Waals surface area contributed by atoms with E-state index < -0.39 is 0 Å². The molecule has 0 aliphatic heterocycles. The molecule has 0 atom stereocenters. The van der Waals surface area contributed by atoms with Crippen molar-refractivity contribution in [2.24, 2.45) is 0 Å². The monoisotopic (exact) mass is 292 g/mol. The molecule has 2 N–H and O–H groups in total. The van der Waals surface area contributed by atoms with Crippen LogP contribution in [0, 0.1) is 0 Å². The van der Waals surface area contributed by atoms with Crippen molar-refractivity contribution in [3.05, 3.63) is 60.4 Å². The van der Waals surface area contributed by atoms with Crippen LogP contribution >= 0.6 is 11.3 Å². The molecular formula is C16H12N4S. The maximum Gasteiger partial charge on any atom is 0.162 e. The first kappa shape index (κ1) is 12.1. The number of hydrogen-bond donors (Lipinski definition) is 1. The molecule has 3 heterocycles. The Balaban J connectivity index is 1.85. The normalized spacial score (nSPS) is 11.0. The van der Waals surface area contributed by atoms with Crippen LogP contribution in [0.25, 0.3) is 27.0 Å². The van der Waals surface area contributed by atoms with Gasteiger partial charge in [0.2, 0.25) is 0 Å². The summed E-state index contributed by atoms with van der Waals surface area (Å²) in [5.74, 6) is 0.842. The molecule has 0 aliphatic rings. The summed E-state index contributed by atoms with van der Waals surface area (Å²) in [5, 5.41) is 7.61. The van der Waals surface area contributed by atoms with Crippen molar-refractivity contribution in [1.82, 2.24) is 14.8 Å². The lowest BCUT2D eigenvalue weighted by molar-refractivity contribution is 0.856. The Morgan fingerprint density at radius 2 is 2.00 bits per heavy atom. The first-order chi connectivity index (χ1) is 10.3. The number of aromatic nitrogens is 3. The molecule has 0 amide bonds. The summed E-state index contributed by atoms with van der Waals surface area (Å²) < 4.78 is 3.01. The molecule has 0 saturated heterocycles. The molecule has 5 heteroatoms. The van der Waals surface area contributed by atoms with Crippen LogP contribution in [-0.2, 0) is 0 Å². The van der Waals surface area contributed by atoms with E-state index in [1.54, 1.807) is 16.0 Å². The van der Waals surface area contributed by atoms with Gasteiger partial charge in [-0.05, 0) is 23.6 Å². The number of fused-ring (bicyclic) bond motifs is 1. The molecule has 102 valence electrons. The highest BCUT2D eigenvalue weighted by Gasteiger charge is 2.09. The number of nitrogens with two attached hydrogens (primary N) is 1. The van der Waals surface area contributed by atoms with Gasteiger partial charge in [-0.2, -0.15) is 5.10 Å². The highest BCUT2D eigenvalue weighted by molar-refractivity contribution is 7.17. The van der Waals surface area contributed by atoms with Crippen molar-refractivity contribution >= 4 is 27.1 Å². The third kappa shape index (κ3) is 1.98. The molecule has 4 aromatic rings. The van der Waals surface area contributed by atoms with Gasteiger partial charge >= 0.3 is 0 Å². The number of rotatable bonds is 2. The van der Waals surface area contributed by atoms with Gasteiger partial charge in [0.05, 0.1) is 6.20 Å². The second-order valence-corrected chi connectivity index (χ2v) is 5.68. The van der Waals surface area contributed by atoms with E-state index in [0.29, 0.717) is 0 Å². The number of anilines is 1. The fourth-order valence-corrected chi connectivity index (χ4v) is 3.18. The maximum atomic E-state index is 6.02. The van der Waals surface area contributed by atoms with Crippen molar-refractivity contribution in [3.8, 4) is 16.9 Å². The number of nitrogen functional groups attached to an aromatic ring is 1. The van der Waals surface area contributed by atoms with Crippen molar-refractivity contribution in [2.75, 3.05) is 5.73 Å². The largest absolute Gasteiger partial charge is 0.398 e. The van der Waals surface area contributed by atoms with Crippen LogP contribution < -0.4 is 5.73 Å². The highest BCUT2D eigenvalue weighted by atomic mass is 32.1. The third-order valence-electron chi connectivity index (χ3n) is 3.43. The van der Waals surface area contributed by atoms with E-state index in [0.717, 1.165) is 28.0 Å². The number of para-hydroxylation sites is 1. The predicted octanol–water partition coefficient (Wildman–Crippen LogP) is 3.73. The van der Waals surface area contributed by atoms with Gasteiger partial charge < -0.3 is 5.73 Å². The van der Waals surface area contributed by atoms with Gasteiger partial charge in [0.1, 0.15) is 0 Å². The molecule has 0 spiro atoms. The number of benzene rings is 1. The Morgan fingerprint density at radius 3 is 2.90 bits per heavy atom. The summed E-state index contributed by atoms with van der Waals surface area (Å²) in [5.41, 5.74) is 8.75. The lowest BCUT2D eigenvalue weighted by atomic mass is 10.1. The fraction of sp³-hybridized carbons (Fsp3) is 0. The Bertz CT molecular complexity index is 923. The van der Waals surface area contributed by atoms with Gasteiger partial charge in [0, 0.05) is 39.3 Å². The zero-order chi connectivity index (χ0) is 14.2. The minimum absolute atomic E-state index is 0.749. The first-order valence-corrected chi connectivity index (χ1v) is 7.43. The summed E-state index contributed by atoms with van der Waals surface area (Å²) >= 11 is 1.70. The lowest BCUT2D eigenvalue weighted by Gasteiger charge is -2.03. The molecule has 0 fully saturated rings. The minimum atomic E-state index is 0.749. The van der Waals surface area contributed by atoms with Crippen LogP contribution in [0.15, 0.2) is 60.4 Å². The molecule has 3 aromatic heterocycles. The van der Waals surface area contributed by atoms with E-state index >= 15 is 0 Å². The van der Waals surface area contributed by atoms with Gasteiger partial charge in [0.15, 0.2) is 5.82 Å². The van der Waals surface area contributed by atoms with Crippen LogP contribution in [0.4, 0.5) is 5.69 Å². The van der Waals surface area contributed by atoms with Gasteiger partial charge in [-0.25, -0.2) is 9.67 Å².